The summed E-state index contributed by atoms with van der Waals surface area (Å²) in [5.74, 6) is -0.533. The fourth-order valence-electron chi connectivity index (χ4n) is 2.66. The number of aromatic nitrogens is 2. The van der Waals surface area contributed by atoms with E-state index in [0.29, 0.717) is 34.2 Å². The molecular weight excluding hydrogens is 450 g/mol. The number of carbonyl (C=O) groups excluding carboxylic acids is 2. The predicted octanol–water partition coefficient (Wildman–Crippen LogP) is 2.97. The van der Waals surface area contributed by atoms with Crippen LogP contribution in [0, 0.1) is 6.92 Å². The Kier molecular flexibility index (Phi) is 7.67. The highest BCUT2D eigenvalue weighted by molar-refractivity contribution is 7.89. The quantitative estimate of drug-likeness (QED) is 0.438. The summed E-state index contributed by atoms with van der Waals surface area (Å²) in [6, 6.07) is 13.2. The van der Waals surface area contributed by atoms with Crippen molar-refractivity contribution in [3.05, 3.63) is 64.7 Å². The zero-order valence-corrected chi connectivity index (χ0v) is 19.2. The summed E-state index contributed by atoms with van der Waals surface area (Å²) in [5, 5.41) is 14.2. The first-order valence-corrected chi connectivity index (χ1v) is 12.2. The van der Waals surface area contributed by atoms with Crippen LogP contribution in [0.5, 0.6) is 0 Å². The topological polar surface area (TPSA) is 130 Å². The standard InChI is InChI=1S/C21H23N5O4S2/c1-3-18(27)23-16-6-4-5-15(13-16)20(28)24-21-26-25-19(31-21)11-12-22-32(29,30)17-9-7-14(2)8-10-17/h4-10,13,22H,3,11-12H2,1-2H3,(H,23,27)(H,24,26,28). The lowest BCUT2D eigenvalue weighted by Gasteiger charge is -2.06. The average molecular weight is 474 g/mol. The molecule has 0 saturated heterocycles. The Labute approximate surface area is 190 Å². The Morgan fingerprint density at radius 1 is 1.03 bits per heavy atom. The predicted molar refractivity (Wildman–Crippen MR) is 123 cm³/mol. The first-order valence-electron chi connectivity index (χ1n) is 9.87. The fraction of sp³-hybridized carbons (Fsp3) is 0.238. The Bertz CT molecular complexity index is 1210. The Hall–Kier alpha value is -3.15. The monoisotopic (exact) mass is 473 g/mol. The minimum Gasteiger partial charge on any atom is -0.326 e. The molecule has 1 heterocycles. The second kappa shape index (κ2) is 10.4. The number of aryl methyl sites for hydroxylation is 1. The Balaban J connectivity index is 1.54. The van der Waals surface area contributed by atoms with Crippen LogP contribution in [0.25, 0.3) is 0 Å². The maximum absolute atomic E-state index is 12.5. The second-order valence-electron chi connectivity index (χ2n) is 6.90. The largest absolute Gasteiger partial charge is 0.326 e. The molecule has 3 aromatic rings. The van der Waals surface area contributed by atoms with Gasteiger partial charge < -0.3 is 5.32 Å². The molecule has 0 radical (unpaired) electrons. The van der Waals surface area contributed by atoms with Crippen molar-refractivity contribution in [1.29, 1.82) is 0 Å². The zero-order valence-electron chi connectivity index (χ0n) is 17.6. The van der Waals surface area contributed by atoms with Gasteiger partial charge in [-0.2, -0.15) is 0 Å². The lowest BCUT2D eigenvalue weighted by Crippen LogP contribution is -2.25. The third-order valence-corrected chi connectivity index (χ3v) is 6.75. The van der Waals surface area contributed by atoms with E-state index in [-0.39, 0.29) is 23.3 Å². The molecular formula is C21H23N5O4S2. The number of anilines is 2. The molecule has 3 N–H and O–H groups in total. The molecule has 9 nitrogen and oxygen atoms in total. The number of nitrogens with zero attached hydrogens (tertiary/aromatic N) is 2. The van der Waals surface area contributed by atoms with E-state index >= 15 is 0 Å². The van der Waals surface area contributed by atoms with Gasteiger partial charge in [0.2, 0.25) is 21.1 Å². The number of amides is 2. The van der Waals surface area contributed by atoms with Gasteiger partial charge >= 0.3 is 0 Å². The fourth-order valence-corrected chi connectivity index (χ4v) is 4.42. The van der Waals surface area contributed by atoms with Gasteiger partial charge in [-0.3, -0.25) is 14.9 Å². The van der Waals surface area contributed by atoms with Crippen molar-refractivity contribution in [1.82, 2.24) is 14.9 Å². The van der Waals surface area contributed by atoms with Crippen LogP contribution in [0.4, 0.5) is 10.8 Å². The first kappa shape index (κ1) is 23.5. The van der Waals surface area contributed by atoms with Gasteiger partial charge in [-0.1, -0.05) is 42.0 Å². The molecule has 32 heavy (non-hydrogen) atoms. The van der Waals surface area contributed by atoms with E-state index < -0.39 is 10.0 Å². The lowest BCUT2D eigenvalue weighted by molar-refractivity contribution is -0.115. The van der Waals surface area contributed by atoms with Gasteiger partial charge in [0.1, 0.15) is 5.01 Å². The molecule has 0 aliphatic rings. The van der Waals surface area contributed by atoms with Crippen molar-refractivity contribution in [2.24, 2.45) is 0 Å². The minimum atomic E-state index is -3.60. The molecule has 11 heteroatoms. The molecule has 0 fully saturated rings. The molecule has 168 valence electrons. The number of nitrogens with one attached hydrogen (secondary N) is 3. The van der Waals surface area contributed by atoms with Crippen LogP contribution in [0.1, 0.15) is 34.3 Å². The van der Waals surface area contributed by atoms with Crippen molar-refractivity contribution < 1.29 is 18.0 Å². The summed E-state index contributed by atoms with van der Waals surface area (Å²) in [4.78, 5) is 24.2. The third kappa shape index (κ3) is 6.42. The van der Waals surface area contributed by atoms with Gasteiger partial charge in [0, 0.05) is 30.6 Å². The van der Waals surface area contributed by atoms with E-state index in [0.717, 1.165) is 16.9 Å². The maximum Gasteiger partial charge on any atom is 0.257 e. The molecule has 0 atom stereocenters. The SMILES string of the molecule is CCC(=O)Nc1cccc(C(=O)Nc2nnc(CCNS(=O)(=O)c3ccc(C)cc3)s2)c1. The number of hydrogen-bond donors (Lipinski definition) is 3. The summed E-state index contributed by atoms with van der Waals surface area (Å²) in [7, 11) is -3.60. The summed E-state index contributed by atoms with van der Waals surface area (Å²) < 4.78 is 27.2. The smallest absolute Gasteiger partial charge is 0.257 e. The number of rotatable bonds is 9. The molecule has 0 unspecified atom stereocenters. The van der Waals surface area contributed by atoms with Crippen molar-refractivity contribution in [3.8, 4) is 0 Å². The van der Waals surface area contributed by atoms with Crippen LogP contribution >= 0.6 is 11.3 Å². The highest BCUT2D eigenvalue weighted by Gasteiger charge is 2.15. The van der Waals surface area contributed by atoms with Crippen LogP contribution in [0.3, 0.4) is 0 Å². The average Bonchev–Trinajstić information content (AvgIpc) is 3.21. The van der Waals surface area contributed by atoms with Gasteiger partial charge in [0.25, 0.3) is 5.91 Å². The van der Waals surface area contributed by atoms with Gasteiger partial charge in [0.05, 0.1) is 4.90 Å². The van der Waals surface area contributed by atoms with Gasteiger partial charge in [0.15, 0.2) is 0 Å². The number of benzene rings is 2. The van der Waals surface area contributed by atoms with Crippen molar-refractivity contribution in [2.75, 3.05) is 17.2 Å². The number of sulfonamides is 1. The molecule has 2 aromatic carbocycles. The summed E-state index contributed by atoms with van der Waals surface area (Å²) in [5.41, 5.74) is 1.87. The van der Waals surface area contributed by atoms with Crippen LogP contribution in [0.15, 0.2) is 53.4 Å². The zero-order chi connectivity index (χ0) is 23.1. The minimum absolute atomic E-state index is 0.144. The molecule has 0 aliphatic heterocycles. The van der Waals surface area contributed by atoms with Crippen molar-refractivity contribution in [3.63, 3.8) is 0 Å². The number of hydrogen-bond acceptors (Lipinski definition) is 7. The van der Waals surface area contributed by atoms with E-state index in [1.54, 1.807) is 55.5 Å². The first-order chi connectivity index (χ1) is 15.3. The van der Waals surface area contributed by atoms with Crippen LogP contribution in [-0.4, -0.2) is 37.0 Å². The van der Waals surface area contributed by atoms with E-state index in [4.69, 9.17) is 0 Å². The summed E-state index contributed by atoms with van der Waals surface area (Å²) in [6.45, 7) is 3.78. The van der Waals surface area contributed by atoms with E-state index in [2.05, 4.69) is 25.6 Å². The van der Waals surface area contributed by atoms with E-state index in [1.807, 2.05) is 6.92 Å². The molecule has 0 saturated carbocycles. The number of carbonyl (C=O) groups is 2. The maximum atomic E-state index is 12.5. The molecule has 0 bridgehead atoms. The van der Waals surface area contributed by atoms with Crippen LogP contribution < -0.4 is 15.4 Å². The lowest BCUT2D eigenvalue weighted by atomic mass is 10.2. The highest BCUT2D eigenvalue weighted by atomic mass is 32.2. The van der Waals surface area contributed by atoms with Gasteiger partial charge in [-0.15, -0.1) is 10.2 Å². The molecule has 0 aliphatic carbocycles. The highest BCUT2D eigenvalue weighted by Crippen LogP contribution is 2.18. The van der Waals surface area contributed by atoms with Crippen molar-refractivity contribution in [2.45, 2.75) is 31.6 Å². The molecule has 2 amide bonds. The van der Waals surface area contributed by atoms with Crippen molar-refractivity contribution >= 4 is 44.0 Å². The van der Waals surface area contributed by atoms with Gasteiger partial charge in [-0.25, -0.2) is 13.1 Å². The van der Waals surface area contributed by atoms with Crippen LogP contribution in [0.2, 0.25) is 0 Å². The Morgan fingerprint density at radius 2 is 1.78 bits per heavy atom. The molecule has 0 spiro atoms. The van der Waals surface area contributed by atoms with Gasteiger partial charge in [-0.05, 0) is 37.3 Å². The second-order valence-corrected chi connectivity index (χ2v) is 9.73. The van der Waals surface area contributed by atoms with E-state index in [9.17, 15) is 18.0 Å². The summed E-state index contributed by atoms with van der Waals surface area (Å²) in [6.07, 6.45) is 0.669. The van der Waals surface area contributed by atoms with Crippen LogP contribution in [-0.2, 0) is 21.2 Å². The third-order valence-electron chi connectivity index (χ3n) is 4.38. The van der Waals surface area contributed by atoms with E-state index in [1.165, 1.54) is 0 Å². The summed E-state index contributed by atoms with van der Waals surface area (Å²) >= 11 is 1.16. The molecule has 3 rings (SSSR count). The Morgan fingerprint density at radius 3 is 2.50 bits per heavy atom. The normalized spacial score (nSPS) is 11.2. The molecule has 1 aromatic heterocycles.